The van der Waals surface area contributed by atoms with Crippen molar-refractivity contribution in [3.63, 3.8) is 0 Å². The number of nitrogens with zero attached hydrogens (tertiary/aromatic N) is 2. The van der Waals surface area contributed by atoms with Crippen molar-refractivity contribution in [2.24, 2.45) is 23.2 Å². The van der Waals surface area contributed by atoms with Crippen LogP contribution in [0.3, 0.4) is 0 Å². The molecule has 0 atom stereocenters. The number of carbonyl (C=O) groups is 2. The lowest BCUT2D eigenvalue weighted by molar-refractivity contribution is -0.142. The van der Waals surface area contributed by atoms with Gasteiger partial charge in [-0.05, 0) is 50.4 Å². The quantitative estimate of drug-likeness (QED) is 0.803. The van der Waals surface area contributed by atoms with Crippen molar-refractivity contribution in [1.29, 1.82) is 0 Å². The Labute approximate surface area is 139 Å². The molecule has 2 aliphatic carbocycles. The molecule has 2 amide bonds. The molecule has 4 fully saturated rings. The van der Waals surface area contributed by atoms with Gasteiger partial charge in [0.2, 0.25) is 11.8 Å². The summed E-state index contributed by atoms with van der Waals surface area (Å²) in [5, 5.41) is 0. The van der Waals surface area contributed by atoms with Gasteiger partial charge >= 0.3 is 0 Å². The third-order valence-electron chi connectivity index (χ3n) is 6.97. The molecule has 23 heavy (non-hydrogen) atoms. The van der Waals surface area contributed by atoms with Gasteiger partial charge in [0.15, 0.2) is 0 Å². The Kier molecular flexibility index (Phi) is 3.89. The van der Waals surface area contributed by atoms with E-state index in [4.69, 9.17) is 0 Å². The summed E-state index contributed by atoms with van der Waals surface area (Å²) in [6.07, 6.45) is 8.87. The van der Waals surface area contributed by atoms with Gasteiger partial charge in [-0.1, -0.05) is 13.3 Å². The Hall–Kier alpha value is -1.06. The van der Waals surface area contributed by atoms with E-state index in [1.807, 2.05) is 0 Å². The zero-order valence-electron chi connectivity index (χ0n) is 14.4. The van der Waals surface area contributed by atoms with E-state index in [1.54, 1.807) is 0 Å². The van der Waals surface area contributed by atoms with Crippen molar-refractivity contribution in [3.8, 4) is 0 Å². The number of amides is 2. The average Bonchev–Trinajstić information content (AvgIpc) is 2.75. The molecule has 0 aromatic carbocycles. The Bertz CT molecular complexity index is 486. The lowest BCUT2D eigenvalue weighted by atomic mass is 9.74. The van der Waals surface area contributed by atoms with Crippen LogP contribution >= 0.6 is 0 Å². The first-order valence-electron chi connectivity index (χ1n) is 9.61. The highest BCUT2D eigenvalue weighted by molar-refractivity contribution is 5.81. The standard InChI is InChI=1S/C19H30N2O2/c1-14-9-16(10-14)18(23)20-7-5-19(6-8-20)11-17(22)21(13-19)12-15-3-2-4-15/h14-16H,2-13H2,1H3. The number of likely N-dealkylation sites (tertiary alicyclic amines) is 2. The molecule has 128 valence electrons. The minimum absolute atomic E-state index is 0.171. The molecule has 0 radical (unpaired) electrons. The maximum Gasteiger partial charge on any atom is 0.225 e. The molecule has 0 bridgehead atoms. The maximum absolute atomic E-state index is 12.5. The molecule has 2 saturated heterocycles. The van der Waals surface area contributed by atoms with Crippen LogP contribution in [-0.2, 0) is 9.59 Å². The smallest absolute Gasteiger partial charge is 0.225 e. The van der Waals surface area contributed by atoms with E-state index >= 15 is 0 Å². The molecule has 4 aliphatic rings. The average molecular weight is 318 g/mol. The highest BCUT2D eigenvalue weighted by atomic mass is 16.2. The van der Waals surface area contributed by atoms with Gasteiger partial charge in [0.1, 0.15) is 0 Å². The second-order valence-corrected chi connectivity index (χ2v) is 8.85. The highest BCUT2D eigenvalue weighted by Crippen LogP contribution is 2.43. The van der Waals surface area contributed by atoms with Crippen LogP contribution < -0.4 is 0 Å². The number of piperidine rings is 1. The molecule has 0 N–H and O–H groups in total. The van der Waals surface area contributed by atoms with E-state index in [0.717, 1.165) is 70.1 Å². The van der Waals surface area contributed by atoms with E-state index in [9.17, 15) is 9.59 Å². The predicted octanol–water partition coefficient (Wildman–Crippen LogP) is 2.67. The van der Waals surface area contributed by atoms with Crippen LogP contribution in [-0.4, -0.2) is 47.8 Å². The highest BCUT2D eigenvalue weighted by Gasteiger charge is 2.46. The topological polar surface area (TPSA) is 40.6 Å². The van der Waals surface area contributed by atoms with Crippen LogP contribution in [0.4, 0.5) is 0 Å². The van der Waals surface area contributed by atoms with Crippen molar-refractivity contribution in [2.75, 3.05) is 26.2 Å². The molecule has 4 rings (SSSR count). The van der Waals surface area contributed by atoms with Gasteiger partial charge < -0.3 is 9.80 Å². The fourth-order valence-electron chi connectivity index (χ4n) is 5.03. The van der Waals surface area contributed by atoms with Crippen molar-refractivity contribution in [2.45, 2.75) is 58.3 Å². The van der Waals surface area contributed by atoms with Gasteiger partial charge in [-0.2, -0.15) is 0 Å². The van der Waals surface area contributed by atoms with Crippen LogP contribution in [0.15, 0.2) is 0 Å². The Morgan fingerprint density at radius 1 is 1.22 bits per heavy atom. The zero-order chi connectivity index (χ0) is 16.0. The van der Waals surface area contributed by atoms with Gasteiger partial charge in [0.25, 0.3) is 0 Å². The van der Waals surface area contributed by atoms with E-state index in [2.05, 4.69) is 16.7 Å². The minimum atomic E-state index is 0.171. The van der Waals surface area contributed by atoms with E-state index in [0.29, 0.717) is 17.7 Å². The van der Waals surface area contributed by atoms with Crippen molar-refractivity contribution >= 4 is 11.8 Å². The molecule has 1 spiro atoms. The predicted molar refractivity (Wildman–Crippen MR) is 88.7 cm³/mol. The monoisotopic (exact) mass is 318 g/mol. The van der Waals surface area contributed by atoms with Crippen LogP contribution in [0.25, 0.3) is 0 Å². The molecular weight excluding hydrogens is 288 g/mol. The lowest BCUT2D eigenvalue weighted by Gasteiger charge is -2.42. The first-order chi connectivity index (χ1) is 11.0. The summed E-state index contributed by atoms with van der Waals surface area (Å²) < 4.78 is 0. The van der Waals surface area contributed by atoms with E-state index in [-0.39, 0.29) is 5.41 Å². The summed E-state index contributed by atoms with van der Waals surface area (Å²) >= 11 is 0. The first-order valence-corrected chi connectivity index (χ1v) is 9.61. The molecular formula is C19H30N2O2. The Balaban J connectivity index is 1.30. The van der Waals surface area contributed by atoms with Gasteiger partial charge in [-0.15, -0.1) is 0 Å². The number of carbonyl (C=O) groups excluding carboxylic acids is 2. The normalized spacial score (nSPS) is 33.7. The largest absolute Gasteiger partial charge is 0.342 e. The molecule has 4 nitrogen and oxygen atoms in total. The van der Waals surface area contributed by atoms with Crippen LogP contribution in [0.5, 0.6) is 0 Å². The second-order valence-electron chi connectivity index (χ2n) is 8.85. The minimum Gasteiger partial charge on any atom is -0.342 e. The SMILES string of the molecule is CC1CC(C(=O)N2CCC3(CC2)CC(=O)N(CC2CCC2)C3)C1. The molecule has 4 heteroatoms. The van der Waals surface area contributed by atoms with Crippen molar-refractivity contribution in [1.82, 2.24) is 9.80 Å². The molecule has 0 aromatic heterocycles. The summed E-state index contributed by atoms with van der Waals surface area (Å²) in [7, 11) is 0. The van der Waals surface area contributed by atoms with E-state index < -0.39 is 0 Å². The molecule has 2 heterocycles. The van der Waals surface area contributed by atoms with Gasteiger partial charge in [-0.25, -0.2) is 0 Å². The number of hydrogen-bond donors (Lipinski definition) is 0. The molecule has 0 aromatic rings. The maximum atomic E-state index is 12.5. The third-order valence-corrected chi connectivity index (χ3v) is 6.97. The first kappa shape index (κ1) is 15.5. The van der Waals surface area contributed by atoms with Gasteiger partial charge in [0, 0.05) is 43.9 Å². The summed E-state index contributed by atoms with van der Waals surface area (Å²) in [4.78, 5) is 29.1. The Morgan fingerprint density at radius 3 is 2.48 bits per heavy atom. The van der Waals surface area contributed by atoms with Crippen molar-refractivity contribution in [3.05, 3.63) is 0 Å². The van der Waals surface area contributed by atoms with Crippen molar-refractivity contribution < 1.29 is 9.59 Å². The summed E-state index contributed by atoms with van der Waals surface area (Å²) in [5.74, 6) is 2.53. The summed E-state index contributed by atoms with van der Waals surface area (Å²) in [5.41, 5.74) is 0.171. The number of rotatable bonds is 3. The second kappa shape index (κ2) is 5.78. The molecule has 2 saturated carbocycles. The summed E-state index contributed by atoms with van der Waals surface area (Å²) in [6, 6.07) is 0. The van der Waals surface area contributed by atoms with Gasteiger partial charge in [-0.3, -0.25) is 9.59 Å². The van der Waals surface area contributed by atoms with Crippen LogP contribution in [0, 0.1) is 23.2 Å². The van der Waals surface area contributed by atoms with Gasteiger partial charge in [0.05, 0.1) is 0 Å². The van der Waals surface area contributed by atoms with Crippen LogP contribution in [0.1, 0.15) is 58.3 Å². The molecule has 2 aliphatic heterocycles. The summed E-state index contributed by atoms with van der Waals surface area (Å²) in [6.45, 7) is 5.91. The lowest BCUT2D eigenvalue weighted by Crippen LogP contribution is -2.48. The number of hydrogen-bond acceptors (Lipinski definition) is 2. The van der Waals surface area contributed by atoms with E-state index in [1.165, 1.54) is 19.3 Å². The van der Waals surface area contributed by atoms with Crippen LogP contribution in [0.2, 0.25) is 0 Å². The Morgan fingerprint density at radius 2 is 1.91 bits per heavy atom. The zero-order valence-corrected chi connectivity index (χ0v) is 14.4. The molecule has 0 unspecified atom stereocenters. The fraction of sp³-hybridized carbons (Fsp3) is 0.895. The fourth-order valence-corrected chi connectivity index (χ4v) is 5.03. The third kappa shape index (κ3) is 2.89.